The first-order valence-electron chi connectivity index (χ1n) is 10.8. The molecule has 1 aromatic heterocycles. The highest BCUT2D eigenvalue weighted by atomic mass is 35.5. The maximum atomic E-state index is 11.9. The third-order valence-corrected chi connectivity index (χ3v) is 6.50. The van der Waals surface area contributed by atoms with Crippen molar-refractivity contribution in [1.29, 1.82) is 0 Å². The summed E-state index contributed by atoms with van der Waals surface area (Å²) in [4.78, 5) is 14.6. The zero-order valence-corrected chi connectivity index (χ0v) is 18.0. The van der Waals surface area contributed by atoms with Gasteiger partial charge in [0.15, 0.2) is 0 Å². The second-order valence-electron chi connectivity index (χ2n) is 8.33. The third kappa shape index (κ3) is 4.46. The lowest BCUT2D eigenvalue weighted by Gasteiger charge is -2.30. The molecule has 1 saturated carbocycles. The summed E-state index contributed by atoms with van der Waals surface area (Å²) in [6.07, 6.45) is 5.91. The molecule has 31 heavy (non-hydrogen) atoms. The lowest BCUT2D eigenvalue weighted by atomic mass is 9.92. The summed E-state index contributed by atoms with van der Waals surface area (Å²) in [5, 5.41) is 8.19. The highest BCUT2D eigenvalue weighted by molar-refractivity contribution is 6.32. The summed E-state index contributed by atoms with van der Waals surface area (Å²) in [6, 6.07) is 21.1. The average molecular weight is 433 g/mol. The molecule has 0 spiro atoms. The number of nitrogens with one attached hydrogen (secondary N) is 2. The van der Waals surface area contributed by atoms with Crippen molar-refractivity contribution >= 4 is 33.1 Å². The van der Waals surface area contributed by atoms with E-state index in [2.05, 4.69) is 52.8 Å². The molecule has 1 fully saturated rings. The van der Waals surface area contributed by atoms with Gasteiger partial charge < -0.3 is 15.0 Å². The molecule has 0 saturated heterocycles. The fraction of sp³-hybridized carbons (Fsp3) is 0.269. The first-order valence-corrected chi connectivity index (χ1v) is 11.2. The maximum Gasteiger partial charge on any atom is 0.255 e. The van der Waals surface area contributed by atoms with Gasteiger partial charge in [0.1, 0.15) is 5.75 Å². The van der Waals surface area contributed by atoms with E-state index in [1.165, 1.54) is 16.3 Å². The lowest BCUT2D eigenvalue weighted by Crippen LogP contribution is -2.36. The largest absolute Gasteiger partial charge is 0.489 e. The molecule has 0 radical (unpaired) electrons. The highest BCUT2D eigenvalue weighted by Crippen LogP contribution is 2.32. The minimum absolute atomic E-state index is 0.135. The van der Waals surface area contributed by atoms with Crippen LogP contribution in [0.15, 0.2) is 71.7 Å². The molecular weight excluding hydrogens is 408 g/mol. The molecule has 3 aromatic carbocycles. The maximum absolute atomic E-state index is 11.9. The zero-order chi connectivity index (χ0) is 21.2. The number of fused-ring (bicyclic) bond motifs is 2. The van der Waals surface area contributed by atoms with Crippen molar-refractivity contribution in [2.75, 3.05) is 0 Å². The van der Waals surface area contributed by atoms with Crippen molar-refractivity contribution in [2.24, 2.45) is 0 Å². The quantitative estimate of drug-likeness (QED) is 0.418. The number of benzene rings is 3. The second-order valence-corrected chi connectivity index (χ2v) is 8.74. The van der Waals surface area contributed by atoms with E-state index in [4.69, 9.17) is 16.3 Å². The molecule has 0 amide bonds. The normalized spacial score (nSPS) is 19.0. The van der Waals surface area contributed by atoms with Gasteiger partial charge in [0.25, 0.3) is 5.56 Å². The molecule has 0 aliphatic heterocycles. The Kier molecular flexibility index (Phi) is 5.66. The molecular formula is C26H25ClN2O2. The highest BCUT2D eigenvalue weighted by Gasteiger charge is 2.23. The van der Waals surface area contributed by atoms with Crippen LogP contribution in [0.4, 0.5) is 0 Å². The summed E-state index contributed by atoms with van der Waals surface area (Å²) < 4.78 is 6.22. The number of ether oxygens (including phenoxy) is 1. The number of rotatable bonds is 5. The van der Waals surface area contributed by atoms with Crippen LogP contribution in [0.2, 0.25) is 5.02 Å². The molecule has 4 nitrogen and oxygen atoms in total. The van der Waals surface area contributed by atoms with Gasteiger partial charge in [0.05, 0.1) is 11.1 Å². The predicted molar refractivity (Wildman–Crippen MR) is 127 cm³/mol. The molecule has 0 unspecified atom stereocenters. The van der Waals surface area contributed by atoms with Gasteiger partial charge in [-0.05, 0) is 71.7 Å². The van der Waals surface area contributed by atoms with Crippen LogP contribution in [-0.4, -0.2) is 17.1 Å². The van der Waals surface area contributed by atoms with Crippen LogP contribution in [0, 0.1) is 0 Å². The van der Waals surface area contributed by atoms with Crippen LogP contribution in [0.25, 0.3) is 21.5 Å². The van der Waals surface area contributed by atoms with Crippen LogP contribution < -0.4 is 15.6 Å². The van der Waals surface area contributed by atoms with Crippen LogP contribution in [0.5, 0.6) is 5.75 Å². The molecule has 5 heteroatoms. The average Bonchev–Trinajstić information content (AvgIpc) is 2.80. The van der Waals surface area contributed by atoms with Gasteiger partial charge in [-0.3, -0.25) is 4.79 Å². The Morgan fingerprint density at radius 3 is 2.58 bits per heavy atom. The summed E-state index contributed by atoms with van der Waals surface area (Å²) in [7, 11) is 0. The molecule has 0 atom stereocenters. The monoisotopic (exact) mass is 432 g/mol. The van der Waals surface area contributed by atoms with E-state index in [-0.39, 0.29) is 11.7 Å². The molecule has 2 N–H and O–H groups in total. The van der Waals surface area contributed by atoms with E-state index in [9.17, 15) is 4.79 Å². The molecule has 1 aliphatic rings. The van der Waals surface area contributed by atoms with Gasteiger partial charge in [-0.25, -0.2) is 0 Å². The summed E-state index contributed by atoms with van der Waals surface area (Å²) in [5.74, 6) is 0.660. The summed E-state index contributed by atoms with van der Waals surface area (Å²) in [6.45, 7) is 0.881. The standard InChI is InChI=1S/C26H25ClN2O2/c27-24-15-23-20(11-12-28-26(23)30)14-25(24)31-22-9-7-21(8-10-22)29-16-17-5-6-18-3-1-2-4-19(18)13-17/h1-6,11-15,21-22,29H,7-10,16H2,(H,28,30)/t21-,22+. The van der Waals surface area contributed by atoms with E-state index in [0.717, 1.165) is 37.6 Å². The molecule has 1 aliphatic carbocycles. The van der Waals surface area contributed by atoms with E-state index in [1.807, 2.05) is 12.1 Å². The topological polar surface area (TPSA) is 54.1 Å². The van der Waals surface area contributed by atoms with Gasteiger partial charge >= 0.3 is 0 Å². The van der Waals surface area contributed by atoms with Gasteiger partial charge in [0.2, 0.25) is 0 Å². The first kappa shape index (κ1) is 20.1. The summed E-state index contributed by atoms with van der Waals surface area (Å²) in [5.41, 5.74) is 1.18. The Morgan fingerprint density at radius 1 is 0.935 bits per heavy atom. The minimum atomic E-state index is -0.135. The SMILES string of the molecule is O=c1[nH]ccc2cc(O[C@H]3CC[C@@H](NCc4ccc5ccccc5c4)CC3)c(Cl)cc12. The first-order chi connectivity index (χ1) is 15.2. The van der Waals surface area contributed by atoms with Crippen LogP contribution >= 0.6 is 11.6 Å². The number of halogens is 1. The van der Waals surface area contributed by atoms with Crippen molar-refractivity contribution in [2.45, 2.75) is 44.4 Å². The third-order valence-electron chi connectivity index (χ3n) is 6.20. The van der Waals surface area contributed by atoms with Crippen LogP contribution in [0.1, 0.15) is 31.2 Å². The molecule has 158 valence electrons. The Bertz CT molecular complexity index is 1280. The summed E-state index contributed by atoms with van der Waals surface area (Å²) >= 11 is 6.39. The fourth-order valence-corrected chi connectivity index (χ4v) is 4.66. The van der Waals surface area contributed by atoms with Gasteiger partial charge in [-0.2, -0.15) is 0 Å². The molecule has 4 aromatic rings. The van der Waals surface area contributed by atoms with E-state index in [1.54, 1.807) is 12.3 Å². The number of H-pyrrole nitrogens is 1. The van der Waals surface area contributed by atoms with Crippen molar-refractivity contribution in [3.63, 3.8) is 0 Å². The van der Waals surface area contributed by atoms with Crippen LogP contribution in [0.3, 0.4) is 0 Å². The fourth-order valence-electron chi connectivity index (χ4n) is 4.45. The molecule has 5 rings (SSSR count). The van der Waals surface area contributed by atoms with Gasteiger partial charge in [0, 0.05) is 24.2 Å². The Balaban J connectivity index is 1.17. The van der Waals surface area contributed by atoms with Crippen molar-refractivity contribution in [3.05, 3.63) is 87.8 Å². The number of hydrogen-bond donors (Lipinski definition) is 2. The predicted octanol–water partition coefficient (Wildman–Crippen LogP) is 5.81. The molecule has 0 bridgehead atoms. The van der Waals surface area contributed by atoms with Gasteiger partial charge in [-0.15, -0.1) is 0 Å². The van der Waals surface area contributed by atoms with E-state index < -0.39 is 0 Å². The van der Waals surface area contributed by atoms with Crippen molar-refractivity contribution < 1.29 is 4.74 Å². The lowest BCUT2D eigenvalue weighted by molar-refractivity contribution is 0.139. The van der Waals surface area contributed by atoms with E-state index >= 15 is 0 Å². The van der Waals surface area contributed by atoms with Crippen molar-refractivity contribution in [1.82, 2.24) is 10.3 Å². The number of pyridine rings is 1. The number of hydrogen-bond acceptors (Lipinski definition) is 3. The Labute approximate surface area is 186 Å². The number of aromatic amines is 1. The Hall–Kier alpha value is -2.82. The van der Waals surface area contributed by atoms with Crippen LogP contribution in [-0.2, 0) is 6.54 Å². The smallest absolute Gasteiger partial charge is 0.255 e. The zero-order valence-electron chi connectivity index (χ0n) is 17.2. The van der Waals surface area contributed by atoms with Gasteiger partial charge in [-0.1, -0.05) is 48.0 Å². The minimum Gasteiger partial charge on any atom is -0.489 e. The van der Waals surface area contributed by atoms with Crippen molar-refractivity contribution in [3.8, 4) is 5.75 Å². The Morgan fingerprint density at radius 2 is 1.74 bits per heavy atom. The number of aromatic nitrogens is 1. The second kappa shape index (κ2) is 8.74. The molecule has 1 heterocycles. The van der Waals surface area contributed by atoms with E-state index in [0.29, 0.717) is 22.2 Å².